The van der Waals surface area contributed by atoms with Crippen LogP contribution in [0.25, 0.3) is 0 Å². The largest absolute Gasteiger partial charge is 0.478 e. The van der Waals surface area contributed by atoms with Crippen LogP contribution >= 0.6 is 0 Å². The summed E-state index contributed by atoms with van der Waals surface area (Å²) in [6, 6.07) is 5.71. The summed E-state index contributed by atoms with van der Waals surface area (Å²) in [7, 11) is 0. The van der Waals surface area contributed by atoms with Gasteiger partial charge in [0.1, 0.15) is 19.3 Å². The van der Waals surface area contributed by atoms with Crippen molar-refractivity contribution in [2.45, 2.75) is 32.7 Å². The Hall–Kier alpha value is -3.76. The smallest absolute Gasteiger partial charge is 0.342 e. The van der Waals surface area contributed by atoms with Gasteiger partial charge in [-0.3, -0.25) is 9.59 Å². The maximum Gasteiger partial charge on any atom is 0.342 e. The van der Waals surface area contributed by atoms with Gasteiger partial charge in [0.2, 0.25) is 5.91 Å². The summed E-state index contributed by atoms with van der Waals surface area (Å²) < 4.78 is 6.39. The topological polar surface area (TPSA) is 154 Å². The van der Waals surface area contributed by atoms with Crippen molar-refractivity contribution < 1.29 is 29.2 Å². The molecule has 1 aromatic heterocycles. The molecule has 1 amide bonds. The van der Waals surface area contributed by atoms with Crippen molar-refractivity contribution in [2.24, 2.45) is 0 Å². The minimum atomic E-state index is -1.06. The number of amides is 1. The van der Waals surface area contributed by atoms with Crippen molar-refractivity contribution in [3.05, 3.63) is 52.0 Å². The zero-order valence-electron chi connectivity index (χ0n) is 15.7. The second-order valence-electron chi connectivity index (χ2n) is 6.08. The van der Waals surface area contributed by atoms with E-state index in [2.05, 4.69) is 10.3 Å². The first-order valence-electron chi connectivity index (χ1n) is 8.73. The van der Waals surface area contributed by atoms with Gasteiger partial charge in [-0.1, -0.05) is 0 Å². The van der Waals surface area contributed by atoms with Gasteiger partial charge in [0.15, 0.2) is 5.82 Å². The van der Waals surface area contributed by atoms with Crippen LogP contribution in [0.15, 0.2) is 30.5 Å². The molecule has 154 valence electrons. The molecule has 2 rings (SSSR count). The predicted octanol–water partition coefficient (Wildman–Crippen LogP) is 2.15. The van der Waals surface area contributed by atoms with E-state index in [4.69, 9.17) is 9.84 Å². The van der Waals surface area contributed by atoms with Gasteiger partial charge in [0, 0.05) is 25.5 Å². The van der Waals surface area contributed by atoms with Gasteiger partial charge in [-0.05, 0) is 35.6 Å². The Labute approximate surface area is 165 Å². The number of carbonyl (C=O) groups excluding carboxylic acids is 2. The zero-order chi connectivity index (χ0) is 21.4. The van der Waals surface area contributed by atoms with Crippen molar-refractivity contribution in [1.82, 2.24) is 9.55 Å². The number of esters is 1. The first-order chi connectivity index (χ1) is 13.8. The van der Waals surface area contributed by atoms with Gasteiger partial charge in [-0.15, -0.1) is 0 Å². The van der Waals surface area contributed by atoms with Crippen LogP contribution in [-0.4, -0.2) is 44.0 Å². The normalized spacial score (nSPS) is 10.4. The monoisotopic (exact) mass is 404 g/mol. The first-order valence-corrected chi connectivity index (χ1v) is 8.73. The van der Waals surface area contributed by atoms with E-state index in [1.54, 1.807) is 6.92 Å². The van der Waals surface area contributed by atoms with Crippen LogP contribution < -0.4 is 5.32 Å². The molecule has 0 spiro atoms. The fraction of sp³-hybridized carbons (Fsp3) is 0.333. The van der Waals surface area contributed by atoms with Gasteiger partial charge in [-0.25, -0.2) is 14.3 Å². The van der Waals surface area contributed by atoms with Crippen LogP contribution in [-0.2, 0) is 20.9 Å². The number of hydrogen-bond donors (Lipinski definition) is 2. The Bertz CT molecular complexity index is 905. The number of carboxylic acid groups (broad SMARTS) is 1. The highest BCUT2D eigenvalue weighted by molar-refractivity contribution is 5.92. The van der Waals surface area contributed by atoms with E-state index < -0.39 is 16.9 Å². The molecule has 11 heteroatoms. The summed E-state index contributed by atoms with van der Waals surface area (Å²) in [6.45, 7) is 1.68. The molecule has 1 heterocycles. The first kappa shape index (κ1) is 21.5. The number of nitro groups is 1. The molecule has 0 aliphatic heterocycles. The lowest BCUT2D eigenvalue weighted by molar-refractivity contribution is -0.392. The Morgan fingerprint density at radius 2 is 1.93 bits per heavy atom. The van der Waals surface area contributed by atoms with Crippen molar-refractivity contribution in [1.29, 1.82) is 0 Å². The molecule has 11 nitrogen and oxygen atoms in total. The molecule has 0 aliphatic carbocycles. The van der Waals surface area contributed by atoms with Crippen molar-refractivity contribution in [2.75, 3.05) is 11.9 Å². The summed E-state index contributed by atoms with van der Waals surface area (Å²) in [6.07, 6.45) is 1.52. The number of benzene rings is 1. The molecular weight excluding hydrogens is 384 g/mol. The van der Waals surface area contributed by atoms with E-state index in [0.717, 1.165) is 6.20 Å². The highest BCUT2D eigenvalue weighted by Gasteiger charge is 2.17. The van der Waals surface area contributed by atoms with Gasteiger partial charge < -0.3 is 25.3 Å². The Morgan fingerprint density at radius 3 is 2.55 bits per heavy atom. The number of nitrogens with one attached hydrogen (secondary N) is 1. The number of aromatic nitrogens is 2. The van der Waals surface area contributed by atoms with Crippen molar-refractivity contribution in [3.8, 4) is 0 Å². The van der Waals surface area contributed by atoms with E-state index in [1.165, 1.54) is 28.8 Å². The molecular formula is C18H20N4O7. The minimum Gasteiger partial charge on any atom is -0.478 e. The van der Waals surface area contributed by atoms with Gasteiger partial charge in [0.25, 0.3) is 0 Å². The summed E-state index contributed by atoms with van der Waals surface area (Å²) in [5.74, 6) is -1.61. The Morgan fingerprint density at radius 1 is 1.24 bits per heavy atom. The highest BCUT2D eigenvalue weighted by atomic mass is 16.6. The van der Waals surface area contributed by atoms with Crippen LogP contribution in [0.4, 0.5) is 11.5 Å². The maximum atomic E-state index is 11.9. The average Bonchev–Trinajstić information content (AvgIpc) is 3.03. The van der Waals surface area contributed by atoms with Crippen LogP contribution in [0.1, 0.15) is 35.4 Å². The molecule has 0 saturated carbocycles. The Kier molecular flexibility index (Phi) is 7.40. The predicted molar refractivity (Wildman–Crippen MR) is 100 cm³/mol. The third-order valence-corrected chi connectivity index (χ3v) is 4.00. The van der Waals surface area contributed by atoms with E-state index >= 15 is 0 Å². The molecule has 0 radical (unpaired) electrons. The average molecular weight is 404 g/mol. The molecule has 29 heavy (non-hydrogen) atoms. The standard InChI is InChI=1S/C18H20N4O7/c1-12-19-11-16(22(27)28)21(12)9-10-29-17(24)4-2-3-15(23)20-14-7-5-13(6-8-14)18(25)26/h5-8,11H,2-4,9-10H2,1H3,(H,20,23)(H,25,26). The lowest BCUT2D eigenvalue weighted by Crippen LogP contribution is -2.15. The van der Waals surface area contributed by atoms with E-state index in [-0.39, 0.29) is 49.7 Å². The summed E-state index contributed by atoms with van der Waals surface area (Å²) in [5, 5.41) is 22.3. The lowest BCUT2D eigenvalue weighted by Gasteiger charge is -2.07. The molecule has 2 aromatic rings. The maximum absolute atomic E-state index is 11.9. The summed E-state index contributed by atoms with van der Waals surface area (Å²) >= 11 is 0. The van der Waals surface area contributed by atoms with E-state index in [9.17, 15) is 24.5 Å². The summed E-state index contributed by atoms with van der Waals surface area (Å²) in [5.41, 5.74) is 0.571. The van der Waals surface area contributed by atoms with Crippen molar-refractivity contribution >= 4 is 29.4 Å². The number of carbonyl (C=O) groups is 3. The molecule has 0 unspecified atom stereocenters. The highest BCUT2D eigenvalue weighted by Crippen LogP contribution is 2.13. The number of aromatic carboxylic acids is 1. The molecule has 0 bridgehead atoms. The number of rotatable bonds is 10. The van der Waals surface area contributed by atoms with Gasteiger partial charge in [-0.2, -0.15) is 0 Å². The van der Waals surface area contributed by atoms with Crippen LogP contribution in [0.2, 0.25) is 0 Å². The lowest BCUT2D eigenvalue weighted by atomic mass is 10.2. The van der Waals surface area contributed by atoms with Gasteiger partial charge >= 0.3 is 17.8 Å². The SMILES string of the molecule is Cc1ncc([N+](=O)[O-])n1CCOC(=O)CCCC(=O)Nc1ccc(C(=O)O)cc1. The third kappa shape index (κ3) is 6.41. The third-order valence-electron chi connectivity index (χ3n) is 4.00. The van der Waals surface area contributed by atoms with E-state index in [0.29, 0.717) is 11.5 Å². The molecule has 0 fully saturated rings. The van der Waals surface area contributed by atoms with Crippen LogP contribution in [0.5, 0.6) is 0 Å². The molecule has 1 aromatic carbocycles. The molecule has 0 atom stereocenters. The fourth-order valence-corrected chi connectivity index (χ4v) is 2.51. The second kappa shape index (κ2) is 9.97. The molecule has 0 aliphatic rings. The number of carboxylic acids is 1. The molecule has 0 saturated heterocycles. The molecule has 2 N–H and O–H groups in total. The number of nitrogens with zero attached hydrogens (tertiary/aromatic N) is 3. The minimum absolute atomic E-state index is 0.0242. The number of imidazole rings is 1. The number of ether oxygens (including phenoxy) is 1. The number of hydrogen-bond acceptors (Lipinski definition) is 7. The second-order valence-corrected chi connectivity index (χ2v) is 6.08. The fourth-order valence-electron chi connectivity index (χ4n) is 2.51. The summed E-state index contributed by atoms with van der Waals surface area (Å²) in [4.78, 5) is 48.6. The van der Waals surface area contributed by atoms with E-state index in [1.807, 2.05) is 0 Å². The Balaban J connectivity index is 1.68. The van der Waals surface area contributed by atoms with Crippen LogP contribution in [0, 0.1) is 17.0 Å². The number of aryl methyl sites for hydroxylation is 1. The van der Waals surface area contributed by atoms with Crippen molar-refractivity contribution in [3.63, 3.8) is 0 Å². The van der Waals surface area contributed by atoms with Gasteiger partial charge in [0.05, 0.1) is 5.56 Å². The number of anilines is 1. The zero-order valence-corrected chi connectivity index (χ0v) is 15.7. The quantitative estimate of drug-likeness (QED) is 0.347. The van der Waals surface area contributed by atoms with Crippen LogP contribution in [0.3, 0.4) is 0 Å².